The van der Waals surface area contributed by atoms with Gasteiger partial charge in [-0.25, -0.2) is 0 Å². The van der Waals surface area contributed by atoms with Crippen LogP contribution in [0.5, 0.6) is 0 Å². The van der Waals surface area contributed by atoms with Crippen LogP contribution in [0.15, 0.2) is 10.2 Å². The molecule has 8 heteroatoms. The van der Waals surface area contributed by atoms with Gasteiger partial charge in [-0.1, -0.05) is 0 Å². The van der Waals surface area contributed by atoms with E-state index in [4.69, 9.17) is 20.7 Å². The van der Waals surface area contributed by atoms with Gasteiger partial charge in [-0.2, -0.15) is 20.8 Å². The summed E-state index contributed by atoms with van der Waals surface area (Å²) in [5.74, 6) is -3.00. The van der Waals surface area contributed by atoms with Gasteiger partial charge in [0.15, 0.2) is 0 Å². The van der Waals surface area contributed by atoms with Gasteiger partial charge < -0.3 is 10.2 Å². The molecule has 0 rings (SSSR count). The molecule has 0 aromatic rings. The van der Waals surface area contributed by atoms with Crippen molar-refractivity contribution in [1.82, 2.24) is 0 Å². The second-order valence-electron chi connectivity index (χ2n) is 5.07. The second-order valence-corrected chi connectivity index (χ2v) is 5.07. The molecular weight excluding hydrogens is 288 g/mol. The number of rotatable bonds is 10. The molecule has 0 radical (unpaired) electrons. The van der Waals surface area contributed by atoms with Crippen molar-refractivity contribution in [3.63, 3.8) is 0 Å². The summed E-state index contributed by atoms with van der Waals surface area (Å²) in [6.07, 6.45) is 0.0624. The fourth-order valence-corrected chi connectivity index (χ4v) is 1.70. The van der Waals surface area contributed by atoms with Crippen LogP contribution >= 0.6 is 0 Å². The molecule has 0 bridgehead atoms. The smallest absolute Gasteiger partial charge is 0.303 e. The molecule has 0 aromatic heterocycles. The van der Waals surface area contributed by atoms with Crippen molar-refractivity contribution < 1.29 is 19.8 Å². The Labute approximate surface area is 129 Å². The van der Waals surface area contributed by atoms with Gasteiger partial charge in [-0.15, -0.1) is 0 Å². The summed E-state index contributed by atoms with van der Waals surface area (Å²) in [7, 11) is 0. The molecule has 0 aromatic carbocycles. The van der Waals surface area contributed by atoms with Gasteiger partial charge in [-0.3, -0.25) is 9.59 Å². The predicted octanol–water partition coefficient (Wildman–Crippen LogP) is 2.22. The highest BCUT2D eigenvalue weighted by Crippen LogP contribution is 2.18. The Balaban J connectivity index is 4.95. The minimum absolute atomic E-state index is 0.136. The minimum Gasteiger partial charge on any atom is -0.481 e. The van der Waals surface area contributed by atoms with Crippen LogP contribution in [0.25, 0.3) is 0 Å². The Hall–Kier alpha value is -2.48. The van der Waals surface area contributed by atoms with E-state index in [9.17, 15) is 9.59 Å². The van der Waals surface area contributed by atoms with Crippen LogP contribution in [0.2, 0.25) is 0 Å². The van der Waals surface area contributed by atoms with E-state index in [-0.39, 0.29) is 25.7 Å². The Morgan fingerprint density at radius 2 is 1.23 bits per heavy atom. The third kappa shape index (κ3) is 7.95. The maximum atomic E-state index is 10.6. The molecule has 4 unspecified atom stereocenters. The molecule has 0 spiro atoms. The van der Waals surface area contributed by atoms with Crippen LogP contribution in [0.3, 0.4) is 0 Å². The van der Waals surface area contributed by atoms with Gasteiger partial charge in [0.1, 0.15) is 0 Å². The van der Waals surface area contributed by atoms with Crippen LogP contribution in [0, 0.1) is 34.5 Å². The fourth-order valence-electron chi connectivity index (χ4n) is 1.70. The van der Waals surface area contributed by atoms with Gasteiger partial charge in [0.25, 0.3) is 0 Å². The van der Waals surface area contributed by atoms with Crippen molar-refractivity contribution in [2.24, 2.45) is 22.1 Å². The van der Waals surface area contributed by atoms with Gasteiger partial charge >= 0.3 is 11.9 Å². The molecule has 120 valence electrons. The highest BCUT2D eigenvalue weighted by atomic mass is 16.4. The van der Waals surface area contributed by atoms with Gasteiger partial charge in [0, 0.05) is 12.8 Å². The largest absolute Gasteiger partial charge is 0.481 e. The SMILES string of the molecule is CC(C#N)C(CCC(=O)O)/N=N/C(CCC(=O)O)C(C)C#N. The van der Waals surface area contributed by atoms with Crippen molar-refractivity contribution >= 4 is 11.9 Å². The van der Waals surface area contributed by atoms with Crippen molar-refractivity contribution in [2.75, 3.05) is 0 Å². The molecule has 0 saturated heterocycles. The number of aliphatic carboxylic acids is 2. The summed E-state index contributed by atoms with van der Waals surface area (Å²) < 4.78 is 0. The highest BCUT2D eigenvalue weighted by Gasteiger charge is 2.21. The van der Waals surface area contributed by atoms with Crippen LogP contribution < -0.4 is 0 Å². The molecule has 2 N–H and O–H groups in total. The Morgan fingerprint density at radius 1 is 0.909 bits per heavy atom. The van der Waals surface area contributed by atoms with E-state index in [2.05, 4.69) is 10.2 Å². The number of nitrogens with zero attached hydrogens (tertiary/aromatic N) is 4. The highest BCUT2D eigenvalue weighted by molar-refractivity contribution is 5.67. The fraction of sp³-hybridized carbons (Fsp3) is 0.714. The molecule has 0 aliphatic heterocycles. The van der Waals surface area contributed by atoms with Crippen molar-refractivity contribution in [2.45, 2.75) is 51.6 Å². The third-order valence-electron chi connectivity index (χ3n) is 3.23. The molecule has 4 atom stereocenters. The average Bonchev–Trinajstić information content (AvgIpc) is 2.47. The Morgan fingerprint density at radius 3 is 1.45 bits per heavy atom. The second kappa shape index (κ2) is 10.3. The lowest BCUT2D eigenvalue weighted by Gasteiger charge is -2.16. The summed E-state index contributed by atoms with van der Waals surface area (Å²) in [5.41, 5.74) is 0. The first-order valence-corrected chi connectivity index (χ1v) is 6.94. The van der Waals surface area contributed by atoms with Gasteiger partial charge in [0.2, 0.25) is 0 Å². The first-order valence-electron chi connectivity index (χ1n) is 6.94. The average molecular weight is 308 g/mol. The summed E-state index contributed by atoms with van der Waals surface area (Å²) in [5, 5.41) is 43.3. The standard InChI is InChI=1S/C14H20N4O4/c1-9(7-15)11(3-5-13(19)20)17-18-12(10(2)8-16)4-6-14(21)22/h9-12H,3-6H2,1-2H3,(H,19,20)(H,21,22)/b18-17+. The number of carbonyl (C=O) groups is 2. The maximum absolute atomic E-state index is 10.6. The molecule has 0 aliphatic rings. The van der Waals surface area contributed by atoms with E-state index in [1.165, 1.54) is 0 Å². The number of carboxylic acids is 2. The molecule has 0 heterocycles. The summed E-state index contributed by atoms with van der Waals surface area (Å²) >= 11 is 0. The number of hydrogen-bond donors (Lipinski definition) is 2. The monoisotopic (exact) mass is 308 g/mol. The molecule has 8 nitrogen and oxygen atoms in total. The van der Waals surface area contributed by atoms with Crippen LogP contribution in [0.1, 0.15) is 39.5 Å². The molecule has 0 aliphatic carbocycles. The third-order valence-corrected chi connectivity index (χ3v) is 3.23. The quantitative estimate of drug-likeness (QED) is 0.591. The van der Waals surface area contributed by atoms with E-state index in [0.717, 1.165) is 0 Å². The zero-order valence-electron chi connectivity index (χ0n) is 12.6. The number of carboxylic acid groups (broad SMARTS) is 2. The Kier molecular flexibility index (Phi) is 9.12. The molecule has 22 heavy (non-hydrogen) atoms. The number of azo groups is 1. The molecule has 0 fully saturated rings. The van der Waals surface area contributed by atoms with Gasteiger partial charge in [0.05, 0.1) is 36.1 Å². The lowest BCUT2D eigenvalue weighted by molar-refractivity contribution is -0.138. The van der Waals surface area contributed by atoms with E-state index in [1.54, 1.807) is 13.8 Å². The topological polar surface area (TPSA) is 147 Å². The summed E-state index contributed by atoms with van der Waals surface area (Å²) in [4.78, 5) is 21.2. The molecular formula is C14H20N4O4. The van der Waals surface area contributed by atoms with Gasteiger partial charge in [-0.05, 0) is 26.7 Å². The van der Waals surface area contributed by atoms with Crippen LogP contribution in [-0.2, 0) is 9.59 Å². The van der Waals surface area contributed by atoms with E-state index in [0.29, 0.717) is 0 Å². The molecule has 0 saturated carbocycles. The van der Waals surface area contributed by atoms with Crippen LogP contribution in [-0.4, -0.2) is 34.2 Å². The lowest BCUT2D eigenvalue weighted by atomic mass is 9.99. The Bertz CT molecular complexity index is 448. The maximum Gasteiger partial charge on any atom is 0.303 e. The number of hydrogen-bond acceptors (Lipinski definition) is 6. The normalized spacial score (nSPS) is 16.2. The predicted molar refractivity (Wildman–Crippen MR) is 75.7 cm³/mol. The lowest BCUT2D eigenvalue weighted by Crippen LogP contribution is -2.19. The number of nitriles is 2. The summed E-state index contributed by atoms with van der Waals surface area (Å²) in [6, 6.07) is 2.83. The minimum atomic E-state index is -0.988. The summed E-state index contributed by atoms with van der Waals surface area (Å²) in [6.45, 7) is 3.23. The van der Waals surface area contributed by atoms with Crippen molar-refractivity contribution in [3.05, 3.63) is 0 Å². The van der Waals surface area contributed by atoms with E-state index >= 15 is 0 Å². The zero-order chi connectivity index (χ0) is 17.1. The first kappa shape index (κ1) is 19.5. The van der Waals surface area contributed by atoms with E-state index in [1.807, 2.05) is 12.1 Å². The van der Waals surface area contributed by atoms with Crippen molar-refractivity contribution in [3.8, 4) is 12.1 Å². The zero-order valence-corrected chi connectivity index (χ0v) is 12.6. The van der Waals surface area contributed by atoms with Crippen molar-refractivity contribution in [1.29, 1.82) is 10.5 Å². The van der Waals surface area contributed by atoms with E-state index < -0.39 is 35.9 Å². The first-order chi connectivity index (χ1) is 10.3. The molecule has 0 amide bonds. The van der Waals surface area contributed by atoms with Crippen LogP contribution in [0.4, 0.5) is 0 Å².